The van der Waals surface area contributed by atoms with E-state index in [0.717, 1.165) is 6.20 Å². The molecule has 174 valence electrons. The molecule has 0 radical (unpaired) electrons. The number of hydrogen-bond acceptors (Lipinski definition) is 8. The van der Waals surface area contributed by atoms with Gasteiger partial charge in [-0.1, -0.05) is 46.9 Å². The monoisotopic (exact) mass is 507 g/mol. The van der Waals surface area contributed by atoms with Gasteiger partial charge in [-0.25, -0.2) is 14.3 Å². The maximum atomic E-state index is 12.2. The van der Waals surface area contributed by atoms with Crippen LogP contribution in [0.5, 0.6) is 11.5 Å². The number of alkyl halides is 3. The Morgan fingerprint density at radius 1 is 1.41 bits per heavy atom. The number of halogens is 3. The number of amides is 1. The summed E-state index contributed by atoms with van der Waals surface area (Å²) < 4.78 is 15.9. The fourth-order valence-electron chi connectivity index (χ4n) is 2.93. The summed E-state index contributed by atoms with van der Waals surface area (Å²) >= 11 is 17.9. The van der Waals surface area contributed by atoms with Crippen LogP contribution in [0.25, 0.3) is 0 Å². The number of nitrogens with zero attached hydrogens (tertiary/aromatic N) is 3. The predicted molar refractivity (Wildman–Crippen MR) is 117 cm³/mol. The first-order chi connectivity index (χ1) is 15.1. The van der Waals surface area contributed by atoms with Crippen molar-refractivity contribution >= 4 is 46.7 Å². The molecule has 1 aliphatic heterocycles. The molecule has 2 unspecified atom stereocenters. The lowest BCUT2D eigenvalue weighted by Crippen LogP contribution is -2.56. The summed E-state index contributed by atoms with van der Waals surface area (Å²) in [7, 11) is 0. The third kappa shape index (κ3) is 6.28. The average molecular weight is 509 g/mol. The summed E-state index contributed by atoms with van der Waals surface area (Å²) in [6.07, 6.45) is -1.24. The Kier molecular flexibility index (Phi) is 7.88. The third-order valence-electron chi connectivity index (χ3n) is 4.48. The molecule has 2 heterocycles. The van der Waals surface area contributed by atoms with Gasteiger partial charge in [-0.15, -0.1) is 0 Å². The number of para-hydroxylation sites is 2. The van der Waals surface area contributed by atoms with Crippen molar-refractivity contribution in [2.75, 3.05) is 19.8 Å². The number of imidazole rings is 1. The second kappa shape index (κ2) is 10.4. The van der Waals surface area contributed by atoms with Crippen molar-refractivity contribution in [2.24, 2.45) is 0 Å². The molecule has 0 aliphatic carbocycles. The minimum absolute atomic E-state index is 0.0358. The number of hydrogen-bond donors (Lipinski definition) is 2. The normalized spacial score (nSPS) is 16.3. The highest BCUT2D eigenvalue weighted by Gasteiger charge is 2.35. The quantitative estimate of drug-likeness (QED) is 0.241. The Balaban J connectivity index is 1.50. The fraction of sp³-hybridized carbons (Fsp3) is 0.444. The van der Waals surface area contributed by atoms with Crippen LogP contribution in [0.15, 0.2) is 30.5 Å². The van der Waals surface area contributed by atoms with Crippen LogP contribution < -0.4 is 20.1 Å². The molecular formula is C18H20Cl3N5O6. The van der Waals surface area contributed by atoms with E-state index < -0.39 is 21.0 Å². The van der Waals surface area contributed by atoms with E-state index >= 15 is 0 Å². The third-order valence-corrected chi connectivity index (χ3v) is 5.13. The van der Waals surface area contributed by atoms with E-state index in [1.54, 1.807) is 19.1 Å². The first kappa shape index (κ1) is 24.2. The highest BCUT2D eigenvalue weighted by molar-refractivity contribution is 6.68. The standard InChI is InChI=1S/C18H20Cl3N5O6/c1-11-22-9-15(26(28)29)25(11)6-7-30-17(27)24-16(18(19,20)21)23-8-12-10-31-13-4-2-3-5-14(13)32-12/h2-5,9,12,16,23H,6-8,10H2,1H3,(H,24,27). The Bertz CT molecular complexity index is 967. The maximum Gasteiger partial charge on any atom is 0.408 e. The van der Waals surface area contributed by atoms with Gasteiger partial charge >= 0.3 is 11.9 Å². The minimum atomic E-state index is -1.90. The lowest BCUT2D eigenvalue weighted by Gasteiger charge is -2.30. The average Bonchev–Trinajstić information content (AvgIpc) is 3.11. The number of carbonyl (C=O) groups is 1. The van der Waals surface area contributed by atoms with Crippen LogP contribution in [0.1, 0.15) is 5.82 Å². The second-order valence-electron chi connectivity index (χ2n) is 6.73. The van der Waals surface area contributed by atoms with Crippen LogP contribution in [-0.4, -0.2) is 56.4 Å². The largest absolute Gasteiger partial charge is 0.486 e. The fourth-order valence-corrected chi connectivity index (χ4v) is 3.32. The SMILES string of the molecule is Cc1ncc([N+](=O)[O-])n1CCOC(=O)NC(NCC1COc2ccccc2O1)C(Cl)(Cl)Cl. The molecule has 32 heavy (non-hydrogen) atoms. The molecule has 1 aromatic heterocycles. The van der Waals surface area contributed by atoms with Crippen molar-refractivity contribution in [3.63, 3.8) is 0 Å². The highest BCUT2D eigenvalue weighted by atomic mass is 35.6. The van der Waals surface area contributed by atoms with E-state index in [2.05, 4.69) is 15.6 Å². The van der Waals surface area contributed by atoms with Gasteiger partial charge in [0.05, 0.1) is 0 Å². The van der Waals surface area contributed by atoms with Gasteiger partial charge in [0.2, 0.25) is 3.79 Å². The minimum Gasteiger partial charge on any atom is -0.486 e. The first-order valence-electron chi connectivity index (χ1n) is 9.43. The van der Waals surface area contributed by atoms with Gasteiger partial charge in [-0.2, -0.15) is 0 Å². The highest BCUT2D eigenvalue weighted by Crippen LogP contribution is 2.32. The molecule has 2 N–H and O–H groups in total. The Morgan fingerprint density at radius 3 is 2.81 bits per heavy atom. The molecule has 0 fully saturated rings. The molecule has 14 heteroatoms. The van der Waals surface area contributed by atoms with Gasteiger partial charge in [-0.05, 0) is 17.1 Å². The van der Waals surface area contributed by atoms with Gasteiger partial charge in [0, 0.05) is 13.5 Å². The van der Waals surface area contributed by atoms with Crippen molar-refractivity contribution in [1.29, 1.82) is 0 Å². The van der Waals surface area contributed by atoms with E-state index in [-0.39, 0.29) is 38.2 Å². The smallest absolute Gasteiger partial charge is 0.408 e. The molecular weight excluding hydrogens is 489 g/mol. The molecule has 11 nitrogen and oxygen atoms in total. The zero-order chi connectivity index (χ0) is 23.3. The molecule has 2 atom stereocenters. The summed E-state index contributed by atoms with van der Waals surface area (Å²) in [4.78, 5) is 26.5. The van der Waals surface area contributed by atoms with E-state index in [0.29, 0.717) is 17.3 Å². The van der Waals surface area contributed by atoms with Crippen molar-refractivity contribution in [1.82, 2.24) is 20.2 Å². The summed E-state index contributed by atoms with van der Waals surface area (Å²) in [5.41, 5.74) is 0. The number of carbonyl (C=O) groups excluding carboxylic acids is 1. The van der Waals surface area contributed by atoms with Crippen molar-refractivity contribution in [3.8, 4) is 11.5 Å². The zero-order valence-corrected chi connectivity index (χ0v) is 19.1. The Labute approximate surface area is 198 Å². The van der Waals surface area contributed by atoms with Gasteiger partial charge < -0.3 is 29.6 Å². The lowest BCUT2D eigenvalue weighted by atomic mass is 10.2. The number of nitrogens with one attached hydrogen (secondary N) is 2. The van der Waals surface area contributed by atoms with Crippen LogP contribution in [0.3, 0.4) is 0 Å². The van der Waals surface area contributed by atoms with Crippen molar-refractivity contribution in [2.45, 2.75) is 29.5 Å². The van der Waals surface area contributed by atoms with Gasteiger partial charge in [0.15, 0.2) is 17.3 Å². The van der Waals surface area contributed by atoms with E-state index in [4.69, 9.17) is 49.0 Å². The number of fused-ring (bicyclic) bond motifs is 1. The Morgan fingerprint density at radius 2 is 2.12 bits per heavy atom. The molecule has 2 aromatic rings. The first-order valence-corrected chi connectivity index (χ1v) is 10.6. The van der Waals surface area contributed by atoms with Crippen molar-refractivity contribution < 1.29 is 23.9 Å². The molecule has 0 saturated carbocycles. The topological polar surface area (TPSA) is 130 Å². The number of benzene rings is 1. The number of aromatic nitrogens is 2. The van der Waals surface area contributed by atoms with E-state index in [1.165, 1.54) is 4.57 Å². The summed E-state index contributed by atoms with van der Waals surface area (Å²) in [5, 5.41) is 16.3. The van der Waals surface area contributed by atoms with Crippen LogP contribution in [0.2, 0.25) is 0 Å². The molecule has 1 aliphatic rings. The van der Waals surface area contributed by atoms with Gasteiger partial charge in [0.1, 0.15) is 38.2 Å². The number of nitro groups is 1. The van der Waals surface area contributed by atoms with Crippen LogP contribution in [0, 0.1) is 17.0 Å². The molecule has 0 bridgehead atoms. The summed E-state index contributed by atoms with van der Waals surface area (Å²) in [5.74, 6) is 1.44. The van der Waals surface area contributed by atoms with E-state index in [9.17, 15) is 14.9 Å². The number of alkyl carbamates (subject to hydrolysis) is 1. The van der Waals surface area contributed by atoms with E-state index in [1.807, 2.05) is 12.1 Å². The summed E-state index contributed by atoms with van der Waals surface area (Å²) in [6.45, 7) is 1.95. The zero-order valence-electron chi connectivity index (χ0n) is 16.8. The Hall–Kier alpha value is -2.47. The molecule has 3 rings (SSSR count). The van der Waals surface area contributed by atoms with Crippen LogP contribution >= 0.6 is 34.8 Å². The second-order valence-corrected chi connectivity index (χ2v) is 9.10. The van der Waals surface area contributed by atoms with Crippen LogP contribution in [-0.2, 0) is 11.3 Å². The number of aryl methyl sites for hydroxylation is 1. The van der Waals surface area contributed by atoms with Gasteiger partial charge in [-0.3, -0.25) is 5.32 Å². The number of rotatable bonds is 8. The summed E-state index contributed by atoms with van der Waals surface area (Å²) in [6, 6.07) is 7.22. The van der Waals surface area contributed by atoms with Crippen LogP contribution in [0.4, 0.5) is 10.6 Å². The molecule has 0 saturated heterocycles. The lowest BCUT2D eigenvalue weighted by molar-refractivity contribution is -0.392. The molecule has 0 spiro atoms. The van der Waals surface area contributed by atoms with Gasteiger partial charge in [0.25, 0.3) is 0 Å². The molecule has 1 amide bonds. The predicted octanol–water partition coefficient (Wildman–Crippen LogP) is 2.95. The number of ether oxygens (including phenoxy) is 3. The van der Waals surface area contributed by atoms with Crippen molar-refractivity contribution in [3.05, 3.63) is 46.4 Å². The maximum absolute atomic E-state index is 12.2. The molecule has 1 aromatic carbocycles.